The predicted molar refractivity (Wildman–Crippen MR) is 112 cm³/mol. The third-order valence-electron chi connectivity index (χ3n) is 4.19. The molecule has 8 heteroatoms. The zero-order valence-electron chi connectivity index (χ0n) is 15.7. The number of aromatic nitrogens is 2. The molecule has 1 aromatic heterocycles. The molecule has 0 aliphatic heterocycles. The van der Waals surface area contributed by atoms with Crippen molar-refractivity contribution >= 4 is 34.5 Å². The molecule has 0 radical (unpaired) electrons. The highest BCUT2D eigenvalue weighted by atomic mass is 32.2. The number of nitrogens with one attached hydrogen (secondary N) is 1. The number of rotatable bonds is 8. The second-order valence-corrected chi connectivity index (χ2v) is 7.31. The number of nitrogens with zero attached hydrogens (tertiary/aromatic N) is 2. The van der Waals surface area contributed by atoms with Crippen LogP contribution in [0.3, 0.4) is 0 Å². The highest BCUT2D eigenvalue weighted by Crippen LogP contribution is 2.18. The number of thioether (sulfide) groups is 1. The fraction of sp³-hybridized carbons (Fsp3) is 0.238. The van der Waals surface area contributed by atoms with E-state index in [1.807, 2.05) is 30.3 Å². The Labute approximate surface area is 171 Å². The first-order valence-corrected chi connectivity index (χ1v) is 10.2. The summed E-state index contributed by atoms with van der Waals surface area (Å²) in [6.07, 6.45) is 0.516. The number of benzene rings is 2. The molecule has 150 valence electrons. The highest BCUT2D eigenvalue weighted by molar-refractivity contribution is 7.99. The van der Waals surface area contributed by atoms with Gasteiger partial charge < -0.3 is 5.11 Å². The first kappa shape index (κ1) is 20.8. The van der Waals surface area contributed by atoms with Crippen molar-refractivity contribution in [2.24, 2.45) is 0 Å². The van der Waals surface area contributed by atoms with Gasteiger partial charge in [-0.15, -0.1) is 0 Å². The van der Waals surface area contributed by atoms with Crippen molar-refractivity contribution in [1.82, 2.24) is 14.9 Å². The largest absolute Gasteiger partial charge is 0.396 e. The number of hydrogen-bond donors (Lipinski definition) is 2. The van der Waals surface area contributed by atoms with Gasteiger partial charge in [-0.3, -0.25) is 24.3 Å². The van der Waals surface area contributed by atoms with Crippen LogP contribution < -0.4 is 10.9 Å². The van der Waals surface area contributed by atoms with Crippen LogP contribution in [0.25, 0.3) is 10.9 Å². The van der Waals surface area contributed by atoms with Gasteiger partial charge in [0.05, 0.1) is 23.1 Å². The molecule has 2 amide bonds. The maximum Gasteiger partial charge on any atom is 0.262 e. The van der Waals surface area contributed by atoms with E-state index in [-0.39, 0.29) is 30.2 Å². The third-order valence-corrected chi connectivity index (χ3v) is 5.16. The number of carbonyl (C=O) groups excluding carboxylic acids is 2. The standard InChI is InChI=1S/C21H21N3O4S/c25-12-6-11-24-20(28)16-9-4-5-10-17(16)22-21(24)29-14-19(27)23-18(26)13-15-7-2-1-3-8-15/h1-5,7-10,25H,6,11-14H2,(H,23,26,27). The van der Waals surface area contributed by atoms with Gasteiger partial charge in [0.25, 0.3) is 5.56 Å². The summed E-state index contributed by atoms with van der Waals surface area (Å²) in [5, 5.41) is 12.3. The zero-order valence-corrected chi connectivity index (χ0v) is 16.5. The van der Waals surface area contributed by atoms with Crippen LogP contribution in [-0.2, 0) is 22.6 Å². The molecule has 0 bridgehead atoms. The number of aliphatic hydroxyl groups is 1. The fourth-order valence-electron chi connectivity index (χ4n) is 2.83. The molecule has 7 nitrogen and oxygen atoms in total. The molecule has 0 saturated carbocycles. The summed E-state index contributed by atoms with van der Waals surface area (Å²) in [4.78, 5) is 41.5. The molecule has 0 spiro atoms. The van der Waals surface area contributed by atoms with Crippen molar-refractivity contribution < 1.29 is 14.7 Å². The van der Waals surface area contributed by atoms with Gasteiger partial charge in [-0.25, -0.2) is 4.98 Å². The van der Waals surface area contributed by atoms with Crippen LogP contribution in [0.15, 0.2) is 64.5 Å². The average molecular weight is 411 g/mol. The molecular weight excluding hydrogens is 390 g/mol. The van der Waals surface area contributed by atoms with Crippen LogP contribution in [0.2, 0.25) is 0 Å². The van der Waals surface area contributed by atoms with Gasteiger partial charge in [0, 0.05) is 13.2 Å². The van der Waals surface area contributed by atoms with E-state index in [0.29, 0.717) is 29.0 Å². The Kier molecular flexibility index (Phi) is 7.15. The van der Waals surface area contributed by atoms with Gasteiger partial charge >= 0.3 is 0 Å². The molecule has 2 aromatic carbocycles. The smallest absolute Gasteiger partial charge is 0.262 e. The van der Waals surface area contributed by atoms with Gasteiger partial charge in [0.1, 0.15) is 0 Å². The molecule has 0 saturated heterocycles. The van der Waals surface area contributed by atoms with Gasteiger partial charge in [0.15, 0.2) is 5.16 Å². The summed E-state index contributed by atoms with van der Waals surface area (Å²) < 4.78 is 1.46. The van der Waals surface area contributed by atoms with Gasteiger partial charge in [-0.1, -0.05) is 54.2 Å². The molecule has 0 fully saturated rings. The molecule has 2 N–H and O–H groups in total. The number of hydrogen-bond acceptors (Lipinski definition) is 6. The lowest BCUT2D eigenvalue weighted by Crippen LogP contribution is -2.33. The number of aliphatic hydroxyl groups excluding tert-OH is 1. The van der Waals surface area contributed by atoms with Crippen LogP contribution in [0.5, 0.6) is 0 Å². The number of carbonyl (C=O) groups is 2. The highest BCUT2D eigenvalue weighted by Gasteiger charge is 2.14. The van der Waals surface area contributed by atoms with E-state index in [0.717, 1.165) is 17.3 Å². The zero-order chi connectivity index (χ0) is 20.6. The lowest BCUT2D eigenvalue weighted by molar-refractivity contribution is -0.128. The summed E-state index contributed by atoms with van der Waals surface area (Å²) in [6, 6.07) is 16.1. The van der Waals surface area contributed by atoms with E-state index in [1.165, 1.54) is 4.57 Å². The lowest BCUT2D eigenvalue weighted by atomic mass is 10.1. The maximum atomic E-state index is 12.8. The Morgan fingerprint density at radius 3 is 2.52 bits per heavy atom. The summed E-state index contributed by atoms with van der Waals surface area (Å²) in [5.74, 6) is -0.886. The fourth-order valence-corrected chi connectivity index (χ4v) is 3.66. The second kappa shape index (κ2) is 9.99. The first-order valence-electron chi connectivity index (χ1n) is 9.18. The van der Waals surface area contributed by atoms with E-state index >= 15 is 0 Å². The molecule has 0 unspecified atom stereocenters. The Morgan fingerprint density at radius 2 is 1.76 bits per heavy atom. The van der Waals surface area contributed by atoms with Crippen LogP contribution in [0.1, 0.15) is 12.0 Å². The Bertz CT molecular complexity index is 1070. The third kappa shape index (κ3) is 5.52. The topological polar surface area (TPSA) is 101 Å². The molecule has 0 atom stereocenters. The Hall–Kier alpha value is -2.97. The Morgan fingerprint density at radius 1 is 1.03 bits per heavy atom. The summed E-state index contributed by atoms with van der Waals surface area (Å²) >= 11 is 1.09. The van der Waals surface area contributed by atoms with Crippen molar-refractivity contribution in [3.8, 4) is 0 Å². The molecule has 0 aliphatic carbocycles. The van der Waals surface area contributed by atoms with Crippen molar-refractivity contribution in [2.75, 3.05) is 12.4 Å². The second-order valence-electron chi connectivity index (χ2n) is 6.37. The average Bonchev–Trinajstić information content (AvgIpc) is 2.72. The first-order chi connectivity index (χ1) is 14.1. The van der Waals surface area contributed by atoms with Gasteiger partial charge in [0.2, 0.25) is 11.8 Å². The number of imide groups is 1. The van der Waals surface area contributed by atoms with Crippen LogP contribution in [-0.4, -0.2) is 38.8 Å². The minimum absolute atomic E-state index is 0.0512. The summed E-state index contributed by atoms with van der Waals surface area (Å²) in [6.45, 7) is 0.238. The summed E-state index contributed by atoms with van der Waals surface area (Å²) in [5.41, 5.74) is 1.15. The summed E-state index contributed by atoms with van der Waals surface area (Å²) in [7, 11) is 0. The van der Waals surface area contributed by atoms with E-state index in [1.54, 1.807) is 24.3 Å². The van der Waals surface area contributed by atoms with E-state index in [9.17, 15) is 14.4 Å². The minimum Gasteiger partial charge on any atom is -0.396 e. The number of fused-ring (bicyclic) bond motifs is 1. The molecule has 1 heterocycles. The SMILES string of the molecule is O=C(CSc1nc2ccccc2c(=O)n1CCCO)NC(=O)Cc1ccccc1. The Balaban J connectivity index is 1.69. The lowest BCUT2D eigenvalue weighted by Gasteiger charge is -2.12. The molecule has 3 aromatic rings. The van der Waals surface area contributed by atoms with Crippen LogP contribution in [0, 0.1) is 0 Å². The van der Waals surface area contributed by atoms with Crippen LogP contribution in [0.4, 0.5) is 0 Å². The quantitative estimate of drug-likeness (QED) is 0.433. The predicted octanol–water partition coefficient (Wildman–Crippen LogP) is 1.76. The maximum absolute atomic E-state index is 12.8. The van der Waals surface area contributed by atoms with Gasteiger partial charge in [-0.2, -0.15) is 0 Å². The van der Waals surface area contributed by atoms with Crippen molar-refractivity contribution in [2.45, 2.75) is 24.5 Å². The normalized spacial score (nSPS) is 10.8. The molecular formula is C21H21N3O4S. The van der Waals surface area contributed by atoms with E-state index < -0.39 is 5.91 Å². The van der Waals surface area contributed by atoms with Crippen molar-refractivity contribution in [3.05, 3.63) is 70.5 Å². The van der Waals surface area contributed by atoms with E-state index in [2.05, 4.69) is 10.3 Å². The monoisotopic (exact) mass is 411 g/mol. The molecule has 29 heavy (non-hydrogen) atoms. The molecule has 3 rings (SSSR count). The van der Waals surface area contributed by atoms with Crippen molar-refractivity contribution in [3.63, 3.8) is 0 Å². The number of para-hydroxylation sites is 1. The van der Waals surface area contributed by atoms with E-state index in [4.69, 9.17) is 5.11 Å². The number of amides is 2. The molecule has 0 aliphatic rings. The van der Waals surface area contributed by atoms with Gasteiger partial charge in [-0.05, 0) is 24.1 Å². The van der Waals surface area contributed by atoms with Crippen molar-refractivity contribution in [1.29, 1.82) is 0 Å². The van der Waals surface area contributed by atoms with Crippen LogP contribution >= 0.6 is 11.8 Å². The minimum atomic E-state index is -0.452.